The topological polar surface area (TPSA) is 89.1 Å². The molecule has 0 aliphatic rings. The van der Waals surface area contributed by atoms with Crippen LogP contribution in [-0.4, -0.2) is 28.7 Å². The summed E-state index contributed by atoms with van der Waals surface area (Å²) in [6, 6.07) is 3.05. The van der Waals surface area contributed by atoms with E-state index in [1.807, 2.05) is 0 Å². The summed E-state index contributed by atoms with van der Waals surface area (Å²) in [7, 11) is 0. The molecule has 1 rings (SSSR count). The van der Waals surface area contributed by atoms with Crippen LogP contribution >= 0.6 is 0 Å². The minimum atomic E-state index is -1.52. The van der Waals surface area contributed by atoms with Gasteiger partial charge >= 0.3 is 5.97 Å². The van der Waals surface area contributed by atoms with Crippen molar-refractivity contribution in [3.8, 4) is 0 Å². The van der Waals surface area contributed by atoms with Crippen LogP contribution < -0.4 is 0 Å². The average molecular weight is 224 g/mol. The van der Waals surface area contributed by atoms with Crippen molar-refractivity contribution >= 4 is 18.0 Å². The Morgan fingerprint density at radius 2 is 2.31 bits per heavy atom. The zero-order valence-electron chi connectivity index (χ0n) is 8.76. The first kappa shape index (κ1) is 12.0. The van der Waals surface area contributed by atoms with Gasteiger partial charge in [-0.25, -0.2) is 4.79 Å². The number of furan rings is 1. The SMILES string of the molecule is CC(C)(O/N=C(\[C]=O)c1ccco1)C(=O)O. The molecule has 1 N–H and O–H groups in total. The summed E-state index contributed by atoms with van der Waals surface area (Å²) >= 11 is 0. The Labute approximate surface area is 91.5 Å². The van der Waals surface area contributed by atoms with Gasteiger partial charge in [-0.15, -0.1) is 0 Å². The van der Waals surface area contributed by atoms with Crippen molar-refractivity contribution in [1.82, 2.24) is 0 Å². The number of oxime groups is 1. The summed E-state index contributed by atoms with van der Waals surface area (Å²) in [5, 5.41) is 12.1. The van der Waals surface area contributed by atoms with Crippen LogP contribution in [0.5, 0.6) is 0 Å². The summed E-state index contributed by atoms with van der Waals surface area (Å²) in [4.78, 5) is 26.0. The molecule has 85 valence electrons. The lowest BCUT2D eigenvalue weighted by Crippen LogP contribution is -2.33. The van der Waals surface area contributed by atoms with Crippen LogP contribution in [-0.2, 0) is 14.4 Å². The molecular weight excluding hydrogens is 214 g/mol. The van der Waals surface area contributed by atoms with Crippen molar-refractivity contribution in [2.45, 2.75) is 19.4 Å². The van der Waals surface area contributed by atoms with Gasteiger partial charge in [-0.1, -0.05) is 5.16 Å². The van der Waals surface area contributed by atoms with Crippen LogP contribution in [0.25, 0.3) is 0 Å². The van der Waals surface area contributed by atoms with E-state index in [0.29, 0.717) is 0 Å². The van der Waals surface area contributed by atoms with Crippen molar-refractivity contribution in [2.75, 3.05) is 0 Å². The second kappa shape index (κ2) is 4.61. The maximum absolute atomic E-state index is 10.7. The molecule has 0 bridgehead atoms. The molecule has 6 heteroatoms. The molecule has 1 radical (unpaired) electrons. The first-order valence-corrected chi connectivity index (χ1v) is 4.39. The van der Waals surface area contributed by atoms with Gasteiger partial charge in [-0.2, -0.15) is 0 Å². The number of hydrogen-bond donors (Lipinski definition) is 1. The second-order valence-corrected chi connectivity index (χ2v) is 3.43. The third kappa shape index (κ3) is 2.69. The van der Waals surface area contributed by atoms with E-state index in [1.54, 1.807) is 6.07 Å². The highest BCUT2D eigenvalue weighted by Gasteiger charge is 2.30. The number of aliphatic carboxylic acids is 1. The molecule has 0 aromatic carbocycles. The third-order valence-electron chi connectivity index (χ3n) is 1.73. The second-order valence-electron chi connectivity index (χ2n) is 3.43. The fraction of sp³-hybridized carbons (Fsp3) is 0.300. The summed E-state index contributed by atoms with van der Waals surface area (Å²) in [6.45, 7) is 2.62. The van der Waals surface area contributed by atoms with Gasteiger partial charge < -0.3 is 14.4 Å². The molecule has 0 spiro atoms. The normalized spacial score (nSPS) is 12.2. The number of carboxylic acids is 1. The van der Waals surface area contributed by atoms with Crippen molar-refractivity contribution in [3.05, 3.63) is 24.2 Å². The number of nitrogens with zero attached hydrogens (tertiary/aromatic N) is 1. The summed E-state index contributed by atoms with van der Waals surface area (Å²) in [6.07, 6.45) is 2.86. The van der Waals surface area contributed by atoms with Crippen LogP contribution in [0.1, 0.15) is 19.6 Å². The average Bonchev–Trinajstić information content (AvgIpc) is 2.71. The molecular formula is C10H10NO5. The predicted octanol–water partition coefficient (Wildman–Crippen LogP) is 0.973. The number of carbonyl (C=O) groups is 1. The molecule has 0 amide bonds. The van der Waals surface area contributed by atoms with Crippen molar-refractivity contribution in [2.24, 2.45) is 5.16 Å². The van der Waals surface area contributed by atoms with E-state index >= 15 is 0 Å². The van der Waals surface area contributed by atoms with Gasteiger partial charge in [0.25, 0.3) is 6.29 Å². The Balaban J connectivity index is 2.83. The van der Waals surface area contributed by atoms with Gasteiger partial charge in [0.2, 0.25) is 5.60 Å². The Morgan fingerprint density at radius 1 is 1.62 bits per heavy atom. The number of hydrogen-bond acceptors (Lipinski definition) is 5. The lowest BCUT2D eigenvalue weighted by atomic mass is 10.1. The maximum atomic E-state index is 10.7. The molecule has 0 unspecified atom stereocenters. The van der Waals surface area contributed by atoms with Gasteiger partial charge in [-0.3, -0.25) is 4.79 Å². The van der Waals surface area contributed by atoms with E-state index in [-0.39, 0.29) is 11.5 Å². The molecule has 0 aliphatic heterocycles. The van der Waals surface area contributed by atoms with Crippen molar-refractivity contribution < 1.29 is 24.0 Å². The smallest absolute Gasteiger partial charge is 0.350 e. The lowest BCUT2D eigenvalue weighted by Gasteiger charge is -2.16. The van der Waals surface area contributed by atoms with E-state index in [1.165, 1.54) is 32.5 Å². The number of carbonyl (C=O) groups excluding carboxylic acids is 1. The minimum Gasteiger partial charge on any atom is -0.478 e. The highest BCUT2D eigenvalue weighted by Crippen LogP contribution is 2.11. The van der Waals surface area contributed by atoms with Gasteiger partial charge in [0.15, 0.2) is 11.5 Å². The third-order valence-corrected chi connectivity index (χ3v) is 1.73. The molecule has 0 aliphatic carbocycles. The highest BCUT2D eigenvalue weighted by molar-refractivity contribution is 6.35. The van der Waals surface area contributed by atoms with Crippen LogP contribution in [0, 0.1) is 0 Å². The zero-order valence-corrected chi connectivity index (χ0v) is 8.76. The van der Waals surface area contributed by atoms with Crippen molar-refractivity contribution in [3.63, 3.8) is 0 Å². The molecule has 0 atom stereocenters. The Hall–Kier alpha value is -2.11. The Kier molecular flexibility index (Phi) is 3.44. The first-order valence-electron chi connectivity index (χ1n) is 4.39. The molecule has 1 aromatic rings. The molecule has 1 aromatic heterocycles. The minimum absolute atomic E-state index is 0.163. The summed E-state index contributed by atoms with van der Waals surface area (Å²) < 4.78 is 4.89. The Morgan fingerprint density at radius 3 is 2.75 bits per heavy atom. The maximum Gasteiger partial charge on any atom is 0.350 e. The fourth-order valence-corrected chi connectivity index (χ4v) is 0.726. The monoisotopic (exact) mass is 224 g/mol. The van der Waals surface area contributed by atoms with E-state index in [4.69, 9.17) is 14.4 Å². The molecule has 16 heavy (non-hydrogen) atoms. The zero-order chi connectivity index (χ0) is 12.2. The largest absolute Gasteiger partial charge is 0.478 e. The molecule has 0 fully saturated rings. The van der Waals surface area contributed by atoms with Crippen LogP contribution in [0.3, 0.4) is 0 Å². The first-order chi connectivity index (χ1) is 7.47. The van der Waals surface area contributed by atoms with Crippen molar-refractivity contribution in [1.29, 1.82) is 0 Å². The van der Waals surface area contributed by atoms with Gasteiger partial charge in [0.05, 0.1) is 6.26 Å². The standard InChI is InChI=1S/C10H10NO5/c1-10(2,9(13)14)16-11-7(6-12)8-4-3-5-15-8/h3-5H,1-2H3,(H,13,14)/b11-7+. The number of carboxylic acid groups (broad SMARTS) is 1. The van der Waals surface area contributed by atoms with Gasteiger partial charge in [-0.05, 0) is 26.0 Å². The van der Waals surface area contributed by atoms with E-state index < -0.39 is 11.6 Å². The van der Waals surface area contributed by atoms with E-state index in [0.717, 1.165) is 0 Å². The molecule has 6 nitrogen and oxygen atoms in total. The lowest BCUT2D eigenvalue weighted by molar-refractivity contribution is -0.161. The summed E-state index contributed by atoms with van der Waals surface area (Å²) in [5.74, 6) is -1.03. The quantitative estimate of drug-likeness (QED) is 0.594. The molecule has 0 saturated heterocycles. The van der Waals surface area contributed by atoms with E-state index in [2.05, 4.69) is 5.16 Å². The van der Waals surface area contributed by atoms with Crippen LogP contribution in [0.2, 0.25) is 0 Å². The predicted molar refractivity (Wildman–Crippen MR) is 53.7 cm³/mol. The van der Waals surface area contributed by atoms with Crippen LogP contribution in [0.15, 0.2) is 28.0 Å². The summed E-state index contributed by atoms with van der Waals surface area (Å²) in [5.41, 5.74) is -1.74. The number of rotatable bonds is 5. The van der Waals surface area contributed by atoms with E-state index in [9.17, 15) is 9.59 Å². The fourth-order valence-electron chi connectivity index (χ4n) is 0.726. The highest BCUT2D eigenvalue weighted by atomic mass is 16.7. The Bertz CT molecular complexity index is 405. The van der Waals surface area contributed by atoms with Gasteiger partial charge in [0.1, 0.15) is 0 Å². The molecule has 0 saturated carbocycles. The molecule has 1 heterocycles. The van der Waals surface area contributed by atoms with Gasteiger partial charge in [0, 0.05) is 0 Å². The van der Waals surface area contributed by atoms with Crippen LogP contribution in [0.4, 0.5) is 0 Å².